The van der Waals surface area contributed by atoms with Gasteiger partial charge in [-0.1, -0.05) is 0 Å². The minimum absolute atomic E-state index is 0.503. The Labute approximate surface area is 103 Å². The Morgan fingerprint density at radius 1 is 1.59 bits per heavy atom. The fourth-order valence-electron chi connectivity index (χ4n) is 1.26. The maximum absolute atomic E-state index is 9.05. The summed E-state index contributed by atoms with van der Waals surface area (Å²) in [4.78, 5) is 4.26. The van der Waals surface area contributed by atoms with Gasteiger partial charge in [-0.2, -0.15) is 10.4 Å². The number of nitrogens with one attached hydrogen (secondary N) is 2. The van der Waals surface area contributed by atoms with E-state index in [0.29, 0.717) is 16.4 Å². The molecule has 0 aliphatic heterocycles. The molecule has 0 spiro atoms. The van der Waals surface area contributed by atoms with Gasteiger partial charge in [0.15, 0.2) is 5.82 Å². The van der Waals surface area contributed by atoms with E-state index in [4.69, 9.17) is 5.26 Å². The van der Waals surface area contributed by atoms with Gasteiger partial charge >= 0.3 is 0 Å². The van der Waals surface area contributed by atoms with Crippen molar-refractivity contribution in [1.29, 1.82) is 5.26 Å². The van der Waals surface area contributed by atoms with E-state index in [9.17, 15) is 0 Å². The molecular formula is C11H11N5S. The molecule has 17 heavy (non-hydrogen) atoms. The van der Waals surface area contributed by atoms with E-state index >= 15 is 0 Å². The average Bonchev–Trinajstić information content (AvgIpc) is 2.89. The molecule has 2 aromatic heterocycles. The molecular weight excluding hydrogens is 234 g/mol. The summed E-state index contributed by atoms with van der Waals surface area (Å²) >= 11 is 1.45. The van der Waals surface area contributed by atoms with Crippen LogP contribution in [0.2, 0.25) is 0 Å². The summed E-state index contributed by atoms with van der Waals surface area (Å²) in [5.41, 5.74) is 2.38. The highest BCUT2D eigenvalue weighted by atomic mass is 32.1. The van der Waals surface area contributed by atoms with Crippen molar-refractivity contribution in [3.63, 3.8) is 0 Å². The van der Waals surface area contributed by atoms with E-state index < -0.39 is 0 Å². The Balaban J connectivity index is 2.17. The van der Waals surface area contributed by atoms with Crippen molar-refractivity contribution in [2.45, 2.75) is 13.8 Å². The highest BCUT2D eigenvalue weighted by Gasteiger charge is 2.05. The molecule has 0 unspecified atom stereocenters. The van der Waals surface area contributed by atoms with Crippen LogP contribution in [0.15, 0.2) is 17.6 Å². The molecule has 2 aromatic rings. The fourth-order valence-corrected chi connectivity index (χ4v) is 2.02. The predicted octanol–water partition coefficient (Wildman–Crippen LogP) is 2.46. The number of hydrogen-bond acceptors (Lipinski definition) is 5. The summed E-state index contributed by atoms with van der Waals surface area (Å²) < 4.78 is 0. The number of H-pyrrole nitrogens is 1. The summed E-state index contributed by atoms with van der Waals surface area (Å²) in [6.45, 7) is 3.82. The summed E-state index contributed by atoms with van der Waals surface area (Å²) in [6.07, 6.45) is 1.62. The molecule has 0 bridgehead atoms. The number of aromatic nitrogens is 3. The third-order valence-corrected chi connectivity index (χ3v) is 3.03. The van der Waals surface area contributed by atoms with E-state index in [1.807, 2.05) is 25.3 Å². The molecule has 2 rings (SSSR count). The van der Waals surface area contributed by atoms with Gasteiger partial charge in [0.25, 0.3) is 0 Å². The normalized spacial score (nSPS) is 11.2. The zero-order chi connectivity index (χ0) is 12.3. The number of thiazole rings is 1. The first-order valence-corrected chi connectivity index (χ1v) is 5.88. The summed E-state index contributed by atoms with van der Waals surface area (Å²) in [7, 11) is 0. The minimum atomic E-state index is 0.503. The Bertz CT molecular complexity index is 587. The van der Waals surface area contributed by atoms with E-state index in [1.165, 1.54) is 11.3 Å². The second-order valence-electron chi connectivity index (χ2n) is 3.54. The van der Waals surface area contributed by atoms with E-state index in [0.717, 1.165) is 11.4 Å². The van der Waals surface area contributed by atoms with Crippen molar-refractivity contribution in [1.82, 2.24) is 15.2 Å². The Morgan fingerprint density at radius 3 is 2.94 bits per heavy atom. The van der Waals surface area contributed by atoms with E-state index in [-0.39, 0.29) is 0 Å². The number of nitrogens with zero attached hydrogens (tertiary/aromatic N) is 3. The zero-order valence-electron chi connectivity index (χ0n) is 9.48. The Morgan fingerprint density at radius 2 is 2.41 bits per heavy atom. The van der Waals surface area contributed by atoms with Gasteiger partial charge in [-0.25, -0.2) is 4.98 Å². The largest absolute Gasteiger partial charge is 0.344 e. The molecule has 5 nitrogen and oxygen atoms in total. The van der Waals surface area contributed by atoms with Gasteiger partial charge in [-0.15, -0.1) is 11.3 Å². The molecule has 0 fully saturated rings. The van der Waals surface area contributed by atoms with Crippen LogP contribution in [-0.2, 0) is 0 Å². The van der Waals surface area contributed by atoms with Crippen LogP contribution < -0.4 is 5.32 Å². The lowest BCUT2D eigenvalue weighted by molar-refractivity contribution is 1.05. The number of aromatic amines is 1. The molecule has 0 atom stereocenters. The van der Waals surface area contributed by atoms with Crippen LogP contribution in [-0.4, -0.2) is 15.2 Å². The molecule has 0 saturated carbocycles. The molecule has 0 aliphatic rings. The first-order valence-electron chi connectivity index (χ1n) is 5.00. The van der Waals surface area contributed by atoms with Gasteiger partial charge in [-0.3, -0.25) is 5.10 Å². The average molecular weight is 245 g/mol. The van der Waals surface area contributed by atoms with E-state index in [1.54, 1.807) is 6.20 Å². The van der Waals surface area contributed by atoms with Gasteiger partial charge < -0.3 is 5.32 Å². The van der Waals surface area contributed by atoms with Crippen molar-refractivity contribution < 1.29 is 0 Å². The lowest BCUT2D eigenvalue weighted by atomic mass is 10.3. The molecule has 2 N–H and O–H groups in total. The van der Waals surface area contributed by atoms with Gasteiger partial charge in [0.1, 0.15) is 16.6 Å². The summed E-state index contributed by atoms with van der Waals surface area (Å²) in [5.74, 6) is 0.684. The molecule has 0 radical (unpaired) electrons. The fraction of sp³-hybridized carbons (Fsp3) is 0.182. The summed E-state index contributed by atoms with van der Waals surface area (Å²) in [6, 6.07) is 3.98. The lowest BCUT2D eigenvalue weighted by Crippen LogP contribution is -1.91. The minimum Gasteiger partial charge on any atom is -0.344 e. The van der Waals surface area contributed by atoms with Crippen LogP contribution in [0.5, 0.6) is 0 Å². The van der Waals surface area contributed by atoms with E-state index in [2.05, 4.69) is 26.6 Å². The first kappa shape index (κ1) is 11.4. The van der Waals surface area contributed by atoms with Crippen LogP contribution in [0, 0.1) is 25.2 Å². The Hall–Kier alpha value is -2.13. The second kappa shape index (κ2) is 4.80. The molecule has 86 valence electrons. The highest BCUT2D eigenvalue weighted by Crippen LogP contribution is 2.18. The number of rotatable bonds is 3. The van der Waals surface area contributed by atoms with Gasteiger partial charge in [0.05, 0.1) is 0 Å². The number of aryl methyl sites for hydroxylation is 2. The van der Waals surface area contributed by atoms with Crippen molar-refractivity contribution >= 4 is 22.7 Å². The third-order valence-electron chi connectivity index (χ3n) is 2.04. The molecule has 2 heterocycles. The second-order valence-corrected chi connectivity index (χ2v) is 4.40. The number of allylic oxidation sites excluding steroid dienone is 1. The molecule has 0 aliphatic carbocycles. The zero-order valence-corrected chi connectivity index (χ0v) is 10.3. The van der Waals surface area contributed by atoms with Crippen molar-refractivity contribution in [2.75, 3.05) is 5.32 Å². The maximum Gasteiger partial charge on any atom is 0.151 e. The first-order chi connectivity index (χ1) is 8.19. The molecule has 0 saturated heterocycles. The van der Waals surface area contributed by atoms with Crippen molar-refractivity contribution in [3.05, 3.63) is 34.0 Å². The number of nitriles is 1. The molecule has 0 aromatic carbocycles. The molecule has 6 heteroatoms. The van der Waals surface area contributed by atoms with Crippen LogP contribution in [0.1, 0.15) is 16.4 Å². The third kappa shape index (κ3) is 2.71. The van der Waals surface area contributed by atoms with Crippen LogP contribution in [0.25, 0.3) is 5.57 Å². The highest BCUT2D eigenvalue weighted by molar-refractivity contribution is 7.10. The number of hydrogen-bond donors (Lipinski definition) is 2. The molecule has 0 amide bonds. The standard InChI is InChI=1S/C11H11N5S/c1-7-3-10(16-15-7)13-5-9(4-12)11-14-8(2)6-17-11/h3,5-6H,1-2H3,(H2,13,15,16)/b9-5+. The summed E-state index contributed by atoms with van der Waals surface area (Å²) in [5, 5.41) is 21.5. The van der Waals surface area contributed by atoms with Crippen LogP contribution in [0.4, 0.5) is 5.82 Å². The maximum atomic E-state index is 9.05. The van der Waals surface area contributed by atoms with Crippen molar-refractivity contribution in [2.24, 2.45) is 0 Å². The monoisotopic (exact) mass is 245 g/mol. The quantitative estimate of drug-likeness (QED) is 0.814. The van der Waals surface area contributed by atoms with Crippen LogP contribution in [0.3, 0.4) is 0 Å². The van der Waals surface area contributed by atoms with Gasteiger partial charge in [-0.05, 0) is 13.8 Å². The SMILES string of the molecule is Cc1csc(/C(C#N)=C/Nc2cc(C)[nH]n2)n1. The van der Waals surface area contributed by atoms with Gasteiger partial charge in [0.2, 0.25) is 0 Å². The van der Waals surface area contributed by atoms with Crippen molar-refractivity contribution in [3.8, 4) is 6.07 Å². The Kier molecular flexibility index (Phi) is 3.21. The smallest absolute Gasteiger partial charge is 0.151 e. The predicted molar refractivity (Wildman–Crippen MR) is 67.4 cm³/mol. The van der Waals surface area contributed by atoms with Crippen LogP contribution >= 0.6 is 11.3 Å². The lowest BCUT2D eigenvalue weighted by Gasteiger charge is -1.95. The van der Waals surface area contributed by atoms with Gasteiger partial charge in [0, 0.05) is 29.0 Å². The number of anilines is 1. The topological polar surface area (TPSA) is 77.4 Å².